The molecule has 14 heavy (non-hydrogen) atoms. The number of aromatic nitrogens is 1. The molecule has 0 saturated heterocycles. The van der Waals surface area contributed by atoms with Gasteiger partial charge in [-0.15, -0.1) is 0 Å². The highest BCUT2D eigenvalue weighted by Gasteiger charge is 2.20. The minimum absolute atomic E-state index is 0.662. The maximum Gasteiger partial charge on any atom is 0.0529 e. The van der Waals surface area contributed by atoms with Crippen molar-refractivity contribution in [2.24, 2.45) is 5.92 Å². The highest BCUT2D eigenvalue weighted by Crippen LogP contribution is 2.27. The number of nitrogens with one attached hydrogen (secondary N) is 1. The molecule has 0 bridgehead atoms. The lowest BCUT2D eigenvalue weighted by Gasteiger charge is -2.13. The molecule has 1 aromatic heterocycles. The molecule has 0 amide bonds. The third-order valence-corrected chi connectivity index (χ3v) is 2.98. The van der Waals surface area contributed by atoms with E-state index in [1.807, 2.05) is 13.1 Å². The van der Waals surface area contributed by atoms with Gasteiger partial charge in [-0.2, -0.15) is 0 Å². The Bertz CT molecular complexity index is 292. The van der Waals surface area contributed by atoms with Gasteiger partial charge in [0.1, 0.15) is 0 Å². The van der Waals surface area contributed by atoms with E-state index in [0.29, 0.717) is 6.04 Å². The maximum absolute atomic E-state index is 4.28. The summed E-state index contributed by atoms with van der Waals surface area (Å²) in [5, 5.41) is 3.54. The number of aryl methyl sites for hydroxylation is 1. The fraction of sp³-hybridized carbons (Fsp3) is 0.583. The van der Waals surface area contributed by atoms with Crippen molar-refractivity contribution in [2.75, 3.05) is 5.32 Å². The fourth-order valence-electron chi connectivity index (χ4n) is 2.13. The number of hydrogen-bond acceptors (Lipinski definition) is 2. The van der Waals surface area contributed by atoms with Gasteiger partial charge in [0.05, 0.1) is 11.9 Å². The Hall–Kier alpha value is -1.05. The molecule has 1 heterocycles. The Morgan fingerprint density at radius 2 is 2.21 bits per heavy atom. The minimum atomic E-state index is 0.662. The molecular weight excluding hydrogens is 172 g/mol. The van der Waals surface area contributed by atoms with Crippen LogP contribution in [0, 0.1) is 12.8 Å². The van der Waals surface area contributed by atoms with E-state index in [2.05, 4.69) is 29.4 Å². The van der Waals surface area contributed by atoms with Gasteiger partial charge in [-0.1, -0.05) is 6.92 Å². The van der Waals surface area contributed by atoms with Crippen molar-refractivity contribution >= 4 is 5.69 Å². The van der Waals surface area contributed by atoms with Crippen molar-refractivity contribution in [3.8, 4) is 0 Å². The summed E-state index contributed by atoms with van der Waals surface area (Å²) in [4.78, 5) is 4.28. The third-order valence-electron chi connectivity index (χ3n) is 2.98. The monoisotopic (exact) mass is 190 g/mol. The number of pyridine rings is 1. The van der Waals surface area contributed by atoms with Crippen molar-refractivity contribution in [3.05, 3.63) is 24.0 Å². The van der Waals surface area contributed by atoms with E-state index in [-0.39, 0.29) is 0 Å². The number of anilines is 1. The van der Waals surface area contributed by atoms with Gasteiger partial charge in [-0.3, -0.25) is 4.98 Å². The van der Waals surface area contributed by atoms with Crippen LogP contribution < -0.4 is 5.32 Å². The summed E-state index contributed by atoms with van der Waals surface area (Å²) in [6.07, 6.45) is 5.89. The van der Waals surface area contributed by atoms with Crippen LogP contribution in [0.1, 0.15) is 31.9 Å². The van der Waals surface area contributed by atoms with Crippen molar-refractivity contribution in [1.29, 1.82) is 0 Å². The quantitative estimate of drug-likeness (QED) is 0.775. The van der Waals surface area contributed by atoms with Crippen LogP contribution >= 0.6 is 0 Å². The van der Waals surface area contributed by atoms with Crippen molar-refractivity contribution in [2.45, 2.75) is 39.2 Å². The zero-order valence-corrected chi connectivity index (χ0v) is 8.96. The van der Waals surface area contributed by atoms with Gasteiger partial charge in [0.2, 0.25) is 0 Å². The molecule has 1 aliphatic rings. The normalized spacial score (nSPS) is 26.4. The number of hydrogen-bond donors (Lipinski definition) is 1. The van der Waals surface area contributed by atoms with E-state index in [4.69, 9.17) is 0 Å². The van der Waals surface area contributed by atoms with Gasteiger partial charge in [-0.25, -0.2) is 0 Å². The summed E-state index contributed by atoms with van der Waals surface area (Å²) in [5.74, 6) is 0.880. The molecule has 1 aromatic rings. The number of rotatable bonds is 2. The summed E-state index contributed by atoms with van der Waals surface area (Å²) in [6.45, 7) is 4.34. The van der Waals surface area contributed by atoms with Crippen LogP contribution in [0.4, 0.5) is 5.69 Å². The van der Waals surface area contributed by atoms with Crippen molar-refractivity contribution in [3.63, 3.8) is 0 Å². The van der Waals surface area contributed by atoms with Gasteiger partial charge in [0, 0.05) is 11.7 Å². The third kappa shape index (κ3) is 2.25. The molecule has 2 heteroatoms. The minimum Gasteiger partial charge on any atom is -0.381 e. The molecular formula is C12H18N2. The molecule has 1 fully saturated rings. The van der Waals surface area contributed by atoms with Gasteiger partial charge in [0.25, 0.3) is 0 Å². The summed E-state index contributed by atoms with van der Waals surface area (Å²) in [6, 6.07) is 4.83. The molecule has 76 valence electrons. The largest absolute Gasteiger partial charge is 0.381 e. The highest BCUT2D eigenvalue weighted by molar-refractivity contribution is 5.42. The Morgan fingerprint density at radius 3 is 2.79 bits per heavy atom. The second kappa shape index (κ2) is 3.99. The van der Waals surface area contributed by atoms with Crippen LogP contribution in [-0.2, 0) is 0 Å². The van der Waals surface area contributed by atoms with Gasteiger partial charge in [-0.05, 0) is 44.2 Å². The lowest BCUT2D eigenvalue weighted by atomic mass is 10.1. The zero-order chi connectivity index (χ0) is 9.97. The average Bonchev–Trinajstić information content (AvgIpc) is 2.56. The number of nitrogens with zero attached hydrogens (tertiary/aromatic N) is 1. The topological polar surface area (TPSA) is 24.9 Å². The van der Waals surface area contributed by atoms with E-state index in [1.54, 1.807) is 0 Å². The Kier molecular flexibility index (Phi) is 2.71. The van der Waals surface area contributed by atoms with Crippen molar-refractivity contribution < 1.29 is 0 Å². The predicted molar refractivity (Wildman–Crippen MR) is 59.4 cm³/mol. The van der Waals surface area contributed by atoms with E-state index in [9.17, 15) is 0 Å². The molecule has 2 nitrogen and oxygen atoms in total. The lowest BCUT2D eigenvalue weighted by Crippen LogP contribution is -2.15. The standard InChI is InChI=1S/C12H18N2/c1-9-3-5-11(7-9)14-12-6-4-10(2)13-8-12/h4,6,8-9,11,14H,3,5,7H2,1-2H3/t9-,11-/m0/s1. The van der Waals surface area contributed by atoms with E-state index in [1.165, 1.54) is 19.3 Å². The van der Waals surface area contributed by atoms with Crippen LogP contribution in [-0.4, -0.2) is 11.0 Å². The van der Waals surface area contributed by atoms with Crippen LogP contribution in [0.3, 0.4) is 0 Å². The van der Waals surface area contributed by atoms with E-state index in [0.717, 1.165) is 17.3 Å². The lowest BCUT2D eigenvalue weighted by molar-refractivity contribution is 0.602. The highest BCUT2D eigenvalue weighted by atomic mass is 14.9. The summed E-state index contributed by atoms with van der Waals surface area (Å²) in [7, 11) is 0. The second-order valence-electron chi connectivity index (χ2n) is 4.45. The van der Waals surface area contributed by atoms with E-state index >= 15 is 0 Å². The van der Waals surface area contributed by atoms with Crippen LogP contribution in [0.25, 0.3) is 0 Å². The SMILES string of the molecule is Cc1ccc(N[C@H]2CC[C@H](C)C2)cn1. The molecule has 1 saturated carbocycles. The first-order valence-corrected chi connectivity index (χ1v) is 5.43. The molecule has 0 spiro atoms. The zero-order valence-electron chi connectivity index (χ0n) is 8.96. The van der Waals surface area contributed by atoms with E-state index < -0.39 is 0 Å². The summed E-state index contributed by atoms with van der Waals surface area (Å²) >= 11 is 0. The Morgan fingerprint density at radius 1 is 1.36 bits per heavy atom. The molecule has 0 radical (unpaired) electrons. The predicted octanol–water partition coefficient (Wildman–Crippen LogP) is 2.99. The second-order valence-corrected chi connectivity index (χ2v) is 4.45. The van der Waals surface area contributed by atoms with Gasteiger partial charge >= 0.3 is 0 Å². The van der Waals surface area contributed by atoms with Crippen LogP contribution in [0.15, 0.2) is 18.3 Å². The van der Waals surface area contributed by atoms with Crippen LogP contribution in [0.2, 0.25) is 0 Å². The summed E-state index contributed by atoms with van der Waals surface area (Å²) in [5.41, 5.74) is 2.24. The first-order valence-electron chi connectivity index (χ1n) is 5.43. The summed E-state index contributed by atoms with van der Waals surface area (Å²) < 4.78 is 0. The first-order chi connectivity index (χ1) is 6.74. The molecule has 0 aromatic carbocycles. The smallest absolute Gasteiger partial charge is 0.0529 e. The van der Waals surface area contributed by atoms with Gasteiger partial charge < -0.3 is 5.32 Å². The molecule has 1 N–H and O–H groups in total. The molecule has 2 rings (SSSR count). The maximum atomic E-state index is 4.28. The molecule has 2 atom stereocenters. The molecule has 0 aliphatic heterocycles. The molecule has 0 unspecified atom stereocenters. The Labute approximate surface area is 85.7 Å². The van der Waals surface area contributed by atoms with Crippen LogP contribution in [0.5, 0.6) is 0 Å². The van der Waals surface area contributed by atoms with Gasteiger partial charge in [0.15, 0.2) is 0 Å². The first kappa shape index (κ1) is 9.50. The fourth-order valence-corrected chi connectivity index (χ4v) is 2.13. The Balaban J connectivity index is 1.94. The van der Waals surface area contributed by atoms with Crippen molar-refractivity contribution in [1.82, 2.24) is 4.98 Å². The molecule has 1 aliphatic carbocycles. The average molecular weight is 190 g/mol.